The molecule has 1 fully saturated rings. The zero-order valence-corrected chi connectivity index (χ0v) is 11.6. The van der Waals surface area contributed by atoms with E-state index in [-0.39, 0.29) is 18.2 Å². The van der Waals surface area contributed by atoms with E-state index in [1.165, 1.54) is 0 Å². The monoisotopic (exact) mass is 270 g/mol. The fourth-order valence-corrected chi connectivity index (χ4v) is 2.34. The molecule has 104 valence electrons. The molecule has 0 aromatic heterocycles. The van der Waals surface area contributed by atoms with Gasteiger partial charge in [-0.25, -0.2) is 0 Å². The fraction of sp³-hybridized carbons (Fsp3) is 0.438. The highest BCUT2D eigenvalue weighted by atomic mass is 16.2. The zero-order valence-electron chi connectivity index (χ0n) is 11.6. The molecule has 1 heterocycles. The SMILES string of the molecule is CC1CCC(=O)N(CC(=O)c2ccc(C#N)cc2)CC1. The third-order valence-corrected chi connectivity index (χ3v) is 3.77. The van der Waals surface area contributed by atoms with Gasteiger partial charge in [0.15, 0.2) is 5.78 Å². The van der Waals surface area contributed by atoms with Gasteiger partial charge in [-0.3, -0.25) is 9.59 Å². The molecule has 1 unspecified atom stereocenters. The van der Waals surface area contributed by atoms with Crippen LogP contribution in [0.15, 0.2) is 24.3 Å². The molecule has 1 aliphatic rings. The van der Waals surface area contributed by atoms with Crippen LogP contribution >= 0.6 is 0 Å². The fourth-order valence-electron chi connectivity index (χ4n) is 2.34. The smallest absolute Gasteiger partial charge is 0.222 e. The number of nitrogens with zero attached hydrogens (tertiary/aromatic N) is 2. The zero-order chi connectivity index (χ0) is 14.5. The molecular weight excluding hydrogens is 252 g/mol. The minimum Gasteiger partial charge on any atom is -0.335 e. The lowest BCUT2D eigenvalue weighted by molar-refractivity contribution is -0.130. The van der Waals surface area contributed by atoms with Crippen LogP contribution in [0.25, 0.3) is 0 Å². The summed E-state index contributed by atoms with van der Waals surface area (Å²) < 4.78 is 0. The number of carbonyl (C=O) groups is 2. The maximum Gasteiger partial charge on any atom is 0.222 e. The van der Waals surface area contributed by atoms with E-state index < -0.39 is 0 Å². The van der Waals surface area contributed by atoms with Crippen LogP contribution in [0.1, 0.15) is 42.1 Å². The van der Waals surface area contributed by atoms with Crippen molar-refractivity contribution in [2.24, 2.45) is 5.92 Å². The van der Waals surface area contributed by atoms with Gasteiger partial charge in [0, 0.05) is 18.5 Å². The minimum atomic E-state index is -0.0719. The lowest BCUT2D eigenvalue weighted by atomic mass is 10.0. The largest absolute Gasteiger partial charge is 0.335 e. The summed E-state index contributed by atoms with van der Waals surface area (Å²) in [6.07, 6.45) is 2.38. The first-order valence-electron chi connectivity index (χ1n) is 6.91. The molecule has 4 heteroatoms. The van der Waals surface area contributed by atoms with Crippen LogP contribution in [-0.2, 0) is 4.79 Å². The van der Waals surface area contributed by atoms with E-state index in [2.05, 4.69) is 6.92 Å². The molecule has 20 heavy (non-hydrogen) atoms. The van der Waals surface area contributed by atoms with Crippen LogP contribution in [0.3, 0.4) is 0 Å². The predicted octanol–water partition coefficient (Wildman–Crippen LogP) is 2.39. The van der Waals surface area contributed by atoms with Crippen LogP contribution in [0.5, 0.6) is 0 Å². The molecule has 4 nitrogen and oxygen atoms in total. The van der Waals surface area contributed by atoms with Crippen molar-refractivity contribution >= 4 is 11.7 Å². The number of hydrogen-bond donors (Lipinski definition) is 0. The van der Waals surface area contributed by atoms with Gasteiger partial charge in [-0.1, -0.05) is 19.1 Å². The molecule has 1 atom stereocenters. The van der Waals surface area contributed by atoms with Gasteiger partial charge in [0.25, 0.3) is 0 Å². The number of benzene rings is 1. The van der Waals surface area contributed by atoms with E-state index in [1.807, 2.05) is 6.07 Å². The molecule has 0 aliphatic carbocycles. The number of rotatable bonds is 3. The standard InChI is InChI=1S/C16H18N2O2/c1-12-2-7-16(20)18(9-8-12)11-15(19)14-5-3-13(10-17)4-6-14/h3-6,12H,2,7-9,11H2,1H3. The molecule has 0 saturated carbocycles. The molecule has 0 spiro atoms. The Morgan fingerprint density at radius 3 is 2.70 bits per heavy atom. The van der Waals surface area contributed by atoms with Crippen molar-refractivity contribution < 1.29 is 9.59 Å². The quantitative estimate of drug-likeness (QED) is 0.792. The van der Waals surface area contributed by atoms with Gasteiger partial charge in [-0.15, -0.1) is 0 Å². The molecule has 1 aromatic rings. The summed E-state index contributed by atoms with van der Waals surface area (Å²) in [5.74, 6) is 0.530. The van der Waals surface area contributed by atoms with Crippen molar-refractivity contribution in [1.82, 2.24) is 4.90 Å². The van der Waals surface area contributed by atoms with Crippen molar-refractivity contribution in [3.63, 3.8) is 0 Å². The van der Waals surface area contributed by atoms with Crippen molar-refractivity contribution in [3.8, 4) is 6.07 Å². The summed E-state index contributed by atoms with van der Waals surface area (Å²) >= 11 is 0. The first-order valence-corrected chi connectivity index (χ1v) is 6.91. The Balaban J connectivity index is 2.02. The summed E-state index contributed by atoms with van der Waals surface area (Å²) in [6.45, 7) is 2.93. The second-order valence-corrected chi connectivity index (χ2v) is 5.36. The second-order valence-electron chi connectivity index (χ2n) is 5.36. The average molecular weight is 270 g/mol. The molecule has 0 bridgehead atoms. The second kappa shape index (κ2) is 6.33. The maximum atomic E-state index is 12.2. The first-order chi connectivity index (χ1) is 9.60. The maximum absolute atomic E-state index is 12.2. The summed E-state index contributed by atoms with van der Waals surface area (Å²) in [4.78, 5) is 25.8. The first kappa shape index (κ1) is 14.3. The Morgan fingerprint density at radius 1 is 1.35 bits per heavy atom. The van der Waals surface area contributed by atoms with Crippen LogP contribution in [-0.4, -0.2) is 29.7 Å². The van der Waals surface area contributed by atoms with Crippen molar-refractivity contribution in [1.29, 1.82) is 5.26 Å². The Morgan fingerprint density at radius 2 is 2.05 bits per heavy atom. The van der Waals surface area contributed by atoms with E-state index in [1.54, 1.807) is 29.2 Å². The molecule has 1 aromatic carbocycles. The minimum absolute atomic E-state index is 0.0661. The summed E-state index contributed by atoms with van der Waals surface area (Å²) in [5.41, 5.74) is 1.08. The third kappa shape index (κ3) is 3.45. The molecule has 0 radical (unpaired) electrons. The molecular formula is C16H18N2O2. The number of Topliss-reactive ketones (excluding diaryl/α,β-unsaturated/α-hetero) is 1. The van der Waals surface area contributed by atoms with E-state index >= 15 is 0 Å². The molecule has 1 amide bonds. The van der Waals surface area contributed by atoms with Crippen molar-refractivity contribution in [3.05, 3.63) is 35.4 Å². The van der Waals surface area contributed by atoms with Gasteiger partial charge in [0.05, 0.1) is 18.2 Å². The van der Waals surface area contributed by atoms with Crippen LogP contribution in [0, 0.1) is 17.2 Å². The number of likely N-dealkylation sites (tertiary alicyclic amines) is 1. The van der Waals surface area contributed by atoms with Gasteiger partial charge in [-0.05, 0) is 30.9 Å². The van der Waals surface area contributed by atoms with Gasteiger partial charge >= 0.3 is 0 Å². The van der Waals surface area contributed by atoms with Gasteiger partial charge in [0.1, 0.15) is 0 Å². The lowest BCUT2D eigenvalue weighted by Crippen LogP contribution is -2.35. The summed E-state index contributed by atoms with van der Waals surface area (Å²) in [7, 11) is 0. The Hall–Kier alpha value is -2.15. The number of amides is 1. The summed E-state index contributed by atoms with van der Waals surface area (Å²) in [5, 5.41) is 8.73. The molecule has 2 rings (SSSR count). The average Bonchev–Trinajstić information content (AvgIpc) is 2.63. The number of nitriles is 1. The van der Waals surface area contributed by atoms with E-state index in [0.717, 1.165) is 12.8 Å². The Kier molecular flexibility index (Phi) is 4.52. The van der Waals surface area contributed by atoms with Crippen LogP contribution in [0.2, 0.25) is 0 Å². The van der Waals surface area contributed by atoms with Gasteiger partial charge in [-0.2, -0.15) is 5.26 Å². The van der Waals surface area contributed by atoms with Crippen molar-refractivity contribution in [2.45, 2.75) is 26.2 Å². The highest BCUT2D eigenvalue weighted by molar-refractivity contribution is 5.99. The topological polar surface area (TPSA) is 61.2 Å². The van der Waals surface area contributed by atoms with Crippen LogP contribution in [0.4, 0.5) is 0 Å². The highest BCUT2D eigenvalue weighted by Crippen LogP contribution is 2.18. The van der Waals surface area contributed by atoms with Gasteiger partial charge in [0.2, 0.25) is 5.91 Å². The third-order valence-electron chi connectivity index (χ3n) is 3.77. The summed E-state index contributed by atoms with van der Waals surface area (Å²) in [6, 6.07) is 8.56. The Labute approximate surface area is 119 Å². The van der Waals surface area contributed by atoms with E-state index in [4.69, 9.17) is 5.26 Å². The highest BCUT2D eigenvalue weighted by Gasteiger charge is 2.22. The normalized spacial score (nSPS) is 19.3. The molecule has 1 saturated heterocycles. The number of carbonyl (C=O) groups excluding carboxylic acids is 2. The predicted molar refractivity (Wildman–Crippen MR) is 75.1 cm³/mol. The molecule has 1 aliphatic heterocycles. The van der Waals surface area contributed by atoms with Crippen molar-refractivity contribution in [2.75, 3.05) is 13.1 Å². The number of ketones is 1. The number of hydrogen-bond acceptors (Lipinski definition) is 3. The molecule has 0 N–H and O–H groups in total. The van der Waals surface area contributed by atoms with E-state index in [9.17, 15) is 9.59 Å². The van der Waals surface area contributed by atoms with Crippen LogP contribution < -0.4 is 0 Å². The van der Waals surface area contributed by atoms with Gasteiger partial charge < -0.3 is 4.90 Å². The lowest BCUT2D eigenvalue weighted by Gasteiger charge is -2.19. The Bertz CT molecular complexity index is 543. The van der Waals surface area contributed by atoms with E-state index in [0.29, 0.717) is 30.0 Å².